The van der Waals surface area contributed by atoms with Crippen molar-refractivity contribution in [2.24, 2.45) is 0 Å². The molecule has 2 N–H and O–H groups in total. The third kappa shape index (κ3) is 5.37. The van der Waals surface area contributed by atoms with E-state index in [1.807, 2.05) is 0 Å². The van der Waals surface area contributed by atoms with Gasteiger partial charge in [0.2, 0.25) is 5.95 Å². The van der Waals surface area contributed by atoms with E-state index in [1.165, 1.54) is 0 Å². The largest absolute Gasteiger partial charge is 0.414 e. The van der Waals surface area contributed by atoms with Crippen molar-refractivity contribution in [1.29, 1.82) is 0 Å². The molecule has 0 bridgehead atoms. The highest BCUT2D eigenvalue weighted by Crippen LogP contribution is 2.37. The van der Waals surface area contributed by atoms with E-state index in [-0.39, 0.29) is 17.2 Å². The van der Waals surface area contributed by atoms with E-state index in [1.54, 1.807) is 12.4 Å². The molecule has 0 aliphatic heterocycles. The maximum absolute atomic E-state index is 9.00. The van der Waals surface area contributed by atoms with Gasteiger partial charge < -0.3 is 14.8 Å². The van der Waals surface area contributed by atoms with Gasteiger partial charge >= 0.3 is 0 Å². The summed E-state index contributed by atoms with van der Waals surface area (Å²) in [4.78, 5) is 8.40. The molecule has 0 saturated carbocycles. The van der Waals surface area contributed by atoms with Crippen LogP contribution in [0.4, 0.5) is 5.95 Å². The second-order valence-corrected chi connectivity index (χ2v) is 12.4. The average molecular weight is 312 g/mol. The van der Waals surface area contributed by atoms with Crippen LogP contribution in [0.2, 0.25) is 18.1 Å². The van der Waals surface area contributed by atoms with Crippen molar-refractivity contribution < 1.29 is 9.53 Å². The quantitative estimate of drug-likeness (QED) is 0.790. The van der Waals surface area contributed by atoms with E-state index < -0.39 is 8.32 Å². The topological polar surface area (TPSA) is 67.3 Å². The Labute approximate surface area is 129 Å². The second-order valence-electron chi connectivity index (χ2n) is 7.63. The zero-order valence-electron chi connectivity index (χ0n) is 14.3. The number of nitrogens with one attached hydrogen (secondary N) is 1. The molecule has 0 radical (unpaired) electrons. The summed E-state index contributed by atoms with van der Waals surface area (Å²) in [5.74, 6) is 0.552. The standard InChI is InChI=1S/C15H29N3O2Si/c1-14(2,3)21(6,7)20-11-15(4,5)18-13-16-8-12(10-19)9-17-13/h8-9,19H,10-11H2,1-7H3,(H,16,17,18). The van der Waals surface area contributed by atoms with Gasteiger partial charge in [-0.05, 0) is 32.0 Å². The Kier molecular flexibility index (Phi) is 5.52. The molecule has 0 aromatic carbocycles. The van der Waals surface area contributed by atoms with Crippen LogP contribution < -0.4 is 5.32 Å². The van der Waals surface area contributed by atoms with Gasteiger partial charge in [0.25, 0.3) is 0 Å². The van der Waals surface area contributed by atoms with E-state index in [4.69, 9.17) is 9.53 Å². The molecule has 0 spiro atoms. The highest BCUT2D eigenvalue weighted by atomic mass is 28.4. The SMILES string of the molecule is CC(C)(CO[Si](C)(C)C(C)(C)C)Nc1ncc(CO)cn1. The number of hydrogen-bond acceptors (Lipinski definition) is 5. The van der Waals surface area contributed by atoms with E-state index in [9.17, 15) is 0 Å². The fourth-order valence-electron chi connectivity index (χ4n) is 1.42. The fourth-order valence-corrected chi connectivity index (χ4v) is 2.57. The highest BCUT2D eigenvalue weighted by Gasteiger charge is 2.38. The van der Waals surface area contributed by atoms with Gasteiger partial charge in [0, 0.05) is 18.0 Å². The summed E-state index contributed by atoms with van der Waals surface area (Å²) in [5, 5.41) is 12.5. The molecule has 0 atom stereocenters. The molecule has 0 aliphatic carbocycles. The first-order valence-corrected chi connectivity index (χ1v) is 10.2. The minimum Gasteiger partial charge on any atom is -0.414 e. The smallest absolute Gasteiger partial charge is 0.223 e. The van der Waals surface area contributed by atoms with E-state index in [2.05, 4.69) is 63.0 Å². The Bertz CT molecular complexity index is 453. The molecule has 0 unspecified atom stereocenters. The Balaban J connectivity index is 2.64. The Hall–Kier alpha value is -0.983. The second kappa shape index (κ2) is 6.42. The van der Waals surface area contributed by atoms with Crippen molar-refractivity contribution >= 4 is 14.3 Å². The first kappa shape index (κ1) is 18.1. The third-order valence-corrected chi connectivity index (χ3v) is 8.42. The first-order chi connectivity index (χ1) is 9.47. The van der Waals surface area contributed by atoms with E-state index in [0.717, 1.165) is 0 Å². The molecular weight excluding hydrogens is 282 g/mol. The zero-order valence-corrected chi connectivity index (χ0v) is 15.3. The molecule has 5 nitrogen and oxygen atoms in total. The Morgan fingerprint density at radius 3 is 2.10 bits per heavy atom. The first-order valence-electron chi connectivity index (χ1n) is 7.31. The Morgan fingerprint density at radius 2 is 1.67 bits per heavy atom. The van der Waals surface area contributed by atoms with Crippen LogP contribution >= 0.6 is 0 Å². The van der Waals surface area contributed by atoms with Crippen LogP contribution in [0.25, 0.3) is 0 Å². The average Bonchev–Trinajstić information content (AvgIpc) is 2.36. The maximum Gasteiger partial charge on any atom is 0.223 e. The molecule has 1 rings (SSSR count). The molecule has 0 aliphatic rings. The molecule has 120 valence electrons. The van der Waals surface area contributed by atoms with Crippen molar-refractivity contribution in [2.75, 3.05) is 11.9 Å². The zero-order chi connectivity index (χ0) is 16.3. The van der Waals surface area contributed by atoms with Crippen LogP contribution in [0, 0.1) is 0 Å². The maximum atomic E-state index is 9.00. The number of nitrogens with zero attached hydrogens (tertiary/aromatic N) is 2. The van der Waals surface area contributed by atoms with Crippen LogP contribution in [0.5, 0.6) is 0 Å². The molecule has 0 fully saturated rings. The molecule has 21 heavy (non-hydrogen) atoms. The van der Waals surface area contributed by atoms with Crippen molar-refractivity contribution in [1.82, 2.24) is 9.97 Å². The number of aromatic nitrogens is 2. The lowest BCUT2D eigenvalue weighted by atomic mass is 10.1. The highest BCUT2D eigenvalue weighted by molar-refractivity contribution is 6.74. The van der Waals surface area contributed by atoms with Gasteiger partial charge in [-0.3, -0.25) is 0 Å². The van der Waals surface area contributed by atoms with Crippen molar-refractivity contribution in [3.05, 3.63) is 18.0 Å². The number of hydrogen-bond donors (Lipinski definition) is 2. The number of aliphatic hydroxyl groups excluding tert-OH is 1. The van der Waals surface area contributed by atoms with Gasteiger partial charge in [-0.25, -0.2) is 9.97 Å². The number of anilines is 1. The fraction of sp³-hybridized carbons (Fsp3) is 0.733. The van der Waals surface area contributed by atoms with Crippen molar-refractivity contribution in [3.63, 3.8) is 0 Å². The lowest BCUT2D eigenvalue weighted by Gasteiger charge is -2.39. The molecule has 0 amide bonds. The van der Waals surface area contributed by atoms with Gasteiger partial charge in [0.05, 0.1) is 18.8 Å². The molecular formula is C15H29N3O2Si. The molecule has 0 saturated heterocycles. The van der Waals surface area contributed by atoms with Gasteiger partial charge in [0.15, 0.2) is 8.32 Å². The summed E-state index contributed by atoms with van der Waals surface area (Å²) < 4.78 is 6.26. The van der Waals surface area contributed by atoms with Crippen LogP contribution in [-0.4, -0.2) is 35.5 Å². The summed E-state index contributed by atoms with van der Waals surface area (Å²) in [6.45, 7) is 15.9. The number of aliphatic hydroxyl groups is 1. The summed E-state index contributed by atoms with van der Waals surface area (Å²) >= 11 is 0. The van der Waals surface area contributed by atoms with Gasteiger partial charge in [-0.2, -0.15) is 0 Å². The van der Waals surface area contributed by atoms with E-state index >= 15 is 0 Å². The third-order valence-electron chi connectivity index (χ3n) is 3.94. The minimum absolute atomic E-state index is 0.0435. The molecule has 6 heteroatoms. The minimum atomic E-state index is -1.76. The van der Waals surface area contributed by atoms with Crippen LogP contribution in [0.15, 0.2) is 12.4 Å². The lowest BCUT2D eigenvalue weighted by Crippen LogP contribution is -2.47. The molecule has 1 heterocycles. The van der Waals surface area contributed by atoms with Crippen LogP contribution in [0.1, 0.15) is 40.2 Å². The van der Waals surface area contributed by atoms with Gasteiger partial charge in [-0.1, -0.05) is 20.8 Å². The lowest BCUT2D eigenvalue weighted by molar-refractivity contribution is 0.234. The summed E-state index contributed by atoms with van der Waals surface area (Å²) in [5.41, 5.74) is 0.451. The van der Waals surface area contributed by atoms with Gasteiger partial charge in [0.1, 0.15) is 0 Å². The van der Waals surface area contributed by atoms with Crippen molar-refractivity contribution in [3.8, 4) is 0 Å². The van der Waals surface area contributed by atoms with Crippen LogP contribution in [0.3, 0.4) is 0 Å². The predicted molar refractivity (Wildman–Crippen MR) is 88.8 cm³/mol. The summed E-state index contributed by atoms with van der Waals surface area (Å²) in [7, 11) is -1.76. The van der Waals surface area contributed by atoms with Gasteiger partial charge in [-0.15, -0.1) is 0 Å². The predicted octanol–water partition coefficient (Wildman–Crippen LogP) is 3.18. The van der Waals surface area contributed by atoms with Crippen LogP contribution in [-0.2, 0) is 11.0 Å². The Morgan fingerprint density at radius 1 is 1.14 bits per heavy atom. The number of rotatable bonds is 6. The summed E-state index contributed by atoms with van der Waals surface area (Å²) in [6, 6.07) is 0. The van der Waals surface area contributed by atoms with E-state index in [0.29, 0.717) is 18.1 Å². The summed E-state index contributed by atoms with van der Waals surface area (Å²) in [6.07, 6.45) is 3.25. The normalized spacial score (nSPS) is 13.3. The van der Waals surface area contributed by atoms with Crippen molar-refractivity contribution in [2.45, 2.75) is 64.9 Å². The molecule has 1 aromatic heterocycles. The molecule has 1 aromatic rings. The monoisotopic (exact) mass is 311 g/mol.